The maximum atomic E-state index is 10.4. The Morgan fingerprint density at radius 1 is 1.56 bits per heavy atom. The highest BCUT2D eigenvalue weighted by Crippen LogP contribution is 2.15. The quantitative estimate of drug-likeness (QED) is 0.867. The minimum absolute atomic E-state index is 0.0770. The van der Waals surface area contributed by atoms with Gasteiger partial charge in [-0.1, -0.05) is 6.07 Å². The van der Waals surface area contributed by atoms with E-state index in [1.807, 2.05) is 17.5 Å². The van der Waals surface area contributed by atoms with Crippen LogP contribution in [0.4, 0.5) is 0 Å². The van der Waals surface area contributed by atoms with Crippen LogP contribution in [0.1, 0.15) is 22.9 Å². The molecule has 16 heavy (non-hydrogen) atoms. The van der Waals surface area contributed by atoms with E-state index < -0.39 is 5.97 Å². The number of oxazole rings is 1. The topological polar surface area (TPSA) is 63.3 Å². The molecule has 2 heterocycles. The van der Waals surface area contributed by atoms with E-state index >= 15 is 0 Å². The van der Waals surface area contributed by atoms with Gasteiger partial charge < -0.3 is 9.52 Å². The highest BCUT2D eigenvalue weighted by molar-refractivity contribution is 7.09. The lowest BCUT2D eigenvalue weighted by Gasteiger charge is -1.92. The zero-order valence-corrected chi connectivity index (χ0v) is 9.37. The standard InChI is InChI=1S/C11H11NO3S/c13-11(14)4-3-8-7-12-10(15-8)6-9-2-1-5-16-9/h1-2,5,7H,3-4,6H2,(H,13,14). The van der Waals surface area contributed by atoms with E-state index in [2.05, 4.69) is 4.98 Å². The number of aromatic nitrogens is 1. The van der Waals surface area contributed by atoms with E-state index in [1.54, 1.807) is 17.5 Å². The van der Waals surface area contributed by atoms with Crippen molar-refractivity contribution in [3.05, 3.63) is 40.2 Å². The number of aliphatic carboxylic acids is 1. The molecule has 0 saturated carbocycles. The highest BCUT2D eigenvalue weighted by Gasteiger charge is 2.07. The molecule has 2 aromatic rings. The molecule has 0 amide bonds. The van der Waals surface area contributed by atoms with Gasteiger partial charge in [0, 0.05) is 11.3 Å². The Morgan fingerprint density at radius 3 is 3.12 bits per heavy atom. The second kappa shape index (κ2) is 4.94. The molecule has 0 spiro atoms. The van der Waals surface area contributed by atoms with E-state index in [4.69, 9.17) is 9.52 Å². The third-order valence-electron chi connectivity index (χ3n) is 2.09. The first-order chi connectivity index (χ1) is 7.74. The number of nitrogens with zero attached hydrogens (tertiary/aromatic N) is 1. The monoisotopic (exact) mass is 237 g/mol. The highest BCUT2D eigenvalue weighted by atomic mass is 32.1. The first-order valence-corrected chi connectivity index (χ1v) is 5.80. The summed E-state index contributed by atoms with van der Waals surface area (Å²) in [5.41, 5.74) is 0. The van der Waals surface area contributed by atoms with Crippen LogP contribution >= 0.6 is 11.3 Å². The van der Waals surface area contributed by atoms with Crippen LogP contribution in [-0.2, 0) is 17.6 Å². The maximum absolute atomic E-state index is 10.4. The van der Waals surface area contributed by atoms with Crippen LogP contribution in [0.5, 0.6) is 0 Å². The van der Waals surface area contributed by atoms with Crippen molar-refractivity contribution in [3.63, 3.8) is 0 Å². The van der Waals surface area contributed by atoms with E-state index in [1.165, 1.54) is 4.88 Å². The number of thiophene rings is 1. The molecule has 0 fully saturated rings. The Labute approximate surface area is 96.6 Å². The zero-order valence-electron chi connectivity index (χ0n) is 8.55. The fourth-order valence-corrected chi connectivity index (χ4v) is 2.03. The number of aryl methyl sites for hydroxylation is 1. The third kappa shape index (κ3) is 2.93. The van der Waals surface area contributed by atoms with Gasteiger partial charge in [0.25, 0.3) is 0 Å². The summed E-state index contributed by atoms with van der Waals surface area (Å²) in [6.07, 6.45) is 2.75. The summed E-state index contributed by atoms with van der Waals surface area (Å²) < 4.78 is 5.44. The molecule has 5 heteroatoms. The molecule has 0 bridgehead atoms. The number of carboxylic acids is 1. The Morgan fingerprint density at radius 2 is 2.44 bits per heavy atom. The first-order valence-electron chi connectivity index (χ1n) is 4.92. The first kappa shape index (κ1) is 10.9. The van der Waals surface area contributed by atoms with Crippen molar-refractivity contribution in [2.45, 2.75) is 19.3 Å². The minimum Gasteiger partial charge on any atom is -0.481 e. The van der Waals surface area contributed by atoms with Crippen molar-refractivity contribution in [2.75, 3.05) is 0 Å². The number of hydrogen-bond donors (Lipinski definition) is 1. The molecule has 0 saturated heterocycles. The lowest BCUT2D eigenvalue weighted by atomic mass is 10.3. The SMILES string of the molecule is O=C(O)CCc1cnc(Cc2cccs2)o1. The smallest absolute Gasteiger partial charge is 0.303 e. The van der Waals surface area contributed by atoms with Gasteiger partial charge in [-0.2, -0.15) is 0 Å². The molecule has 0 aliphatic carbocycles. The van der Waals surface area contributed by atoms with E-state index in [0.717, 1.165) is 0 Å². The van der Waals surface area contributed by atoms with E-state index in [9.17, 15) is 4.79 Å². The van der Waals surface area contributed by atoms with Crippen molar-refractivity contribution in [1.29, 1.82) is 0 Å². The Kier molecular flexibility index (Phi) is 3.36. The van der Waals surface area contributed by atoms with Crippen LogP contribution in [0.25, 0.3) is 0 Å². The molecule has 84 valence electrons. The van der Waals surface area contributed by atoms with Crippen molar-refractivity contribution in [3.8, 4) is 0 Å². The summed E-state index contributed by atoms with van der Waals surface area (Å²) in [5, 5.41) is 10.5. The van der Waals surface area contributed by atoms with Gasteiger partial charge in [0.15, 0.2) is 5.89 Å². The molecule has 0 radical (unpaired) electrons. The second-order valence-corrected chi connectivity index (χ2v) is 4.40. The molecule has 0 atom stereocenters. The molecular formula is C11H11NO3S. The van der Waals surface area contributed by atoms with Crippen LogP contribution in [0.15, 0.2) is 28.1 Å². The van der Waals surface area contributed by atoms with Gasteiger partial charge in [-0.3, -0.25) is 4.79 Å². The Bertz CT molecular complexity index is 461. The van der Waals surface area contributed by atoms with Gasteiger partial charge in [0.05, 0.1) is 19.0 Å². The molecule has 0 aliphatic rings. The van der Waals surface area contributed by atoms with Gasteiger partial charge in [-0.15, -0.1) is 11.3 Å². The number of hydrogen-bond acceptors (Lipinski definition) is 4. The van der Waals surface area contributed by atoms with E-state index in [-0.39, 0.29) is 6.42 Å². The normalized spacial score (nSPS) is 10.5. The predicted molar refractivity (Wildman–Crippen MR) is 59.6 cm³/mol. The van der Waals surface area contributed by atoms with Gasteiger partial charge in [-0.25, -0.2) is 4.98 Å². The van der Waals surface area contributed by atoms with Crippen molar-refractivity contribution in [1.82, 2.24) is 4.98 Å². The summed E-state index contributed by atoms with van der Waals surface area (Å²) in [6.45, 7) is 0. The van der Waals surface area contributed by atoms with Gasteiger partial charge in [-0.05, 0) is 11.4 Å². The van der Waals surface area contributed by atoms with Gasteiger partial charge in [0.2, 0.25) is 0 Å². The van der Waals surface area contributed by atoms with Crippen LogP contribution < -0.4 is 0 Å². The van der Waals surface area contributed by atoms with Crippen molar-refractivity contribution >= 4 is 17.3 Å². The van der Waals surface area contributed by atoms with Crippen LogP contribution in [0.2, 0.25) is 0 Å². The molecule has 4 nitrogen and oxygen atoms in total. The number of carboxylic acid groups (broad SMARTS) is 1. The number of rotatable bonds is 5. The lowest BCUT2D eigenvalue weighted by Crippen LogP contribution is -1.96. The second-order valence-electron chi connectivity index (χ2n) is 3.37. The maximum Gasteiger partial charge on any atom is 0.303 e. The van der Waals surface area contributed by atoms with Crippen LogP contribution in [-0.4, -0.2) is 16.1 Å². The summed E-state index contributed by atoms with van der Waals surface area (Å²) in [5.74, 6) is 0.452. The van der Waals surface area contributed by atoms with Gasteiger partial charge >= 0.3 is 5.97 Å². The molecule has 2 aromatic heterocycles. The Hall–Kier alpha value is -1.62. The summed E-state index contributed by atoms with van der Waals surface area (Å²) in [6, 6.07) is 4.00. The Balaban J connectivity index is 1.94. The summed E-state index contributed by atoms with van der Waals surface area (Å²) >= 11 is 1.65. The molecule has 1 N–H and O–H groups in total. The predicted octanol–water partition coefficient (Wildman–Crippen LogP) is 2.34. The van der Waals surface area contributed by atoms with E-state index in [0.29, 0.717) is 24.5 Å². The lowest BCUT2D eigenvalue weighted by molar-refractivity contribution is -0.137. The molecular weight excluding hydrogens is 226 g/mol. The van der Waals surface area contributed by atoms with Crippen molar-refractivity contribution < 1.29 is 14.3 Å². The minimum atomic E-state index is -0.823. The molecule has 0 unspecified atom stereocenters. The third-order valence-corrected chi connectivity index (χ3v) is 2.97. The molecule has 2 rings (SSSR count). The largest absolute Gasteiger partial charge is 0.481 e. The van der Waals surface area contributed by atoms with Crippen molar-refractivity contribution in [2.24, 2.45) is 0 Å². The fourth-order valence-electron chi connectivity index (χ4n) is 1.34. The molecule has 0 aliphatic heterocycles. The van der Waals surface area contributed by atoms with Crippen LogP contribution in [0.3, 0.4) is 0 Å². The average Bonchev–Trinajstić information content (AvgIpc) is 2.87. The fraction of sp³-hybridized carbons (Fsp3) is 0.273. The average molecular weight is 237 g/mol. The summed E-state index contributed by atoms with van der Waals surface area (Å²) in [4.78, 5) is 15.7. The zero-order chi connectivity index (χ0) is 11.4. The molecule has 0 aromatic carbocycles. The summed E-state index contributed by atoms with van der Waals surface area (Å²) in [7, 11) is 0. The van der Waals surface area contributed by atoms with Gasteiger partial charge in [0.1, 0.15) is 5.76 Å². The number of carbonyl (C=O) groups is 1. The van der Waals surface area contributed by atoms with Crippen LogP contribution in [0, 0.1) is 0 Å².